The Morgan fingerprint density at radius 3 is 2.00 bits per heavy atom. The summed E-state index contributed by atoms with van der Waals surface area (Å²) in [4.78, 5) is 15.9. The molecule has 0 radical (unpaired) electrons. The van der Waals surface area contributed by atoms with Gasteiger partial charge in [0, 0.05) is 6.54 Å². The smallest absolute Gasteiger partial charge is 0.198 e. The zero-order chi connectivity index (χ0) is 16.2. The highest BCUT2D eigenvalue weighted by Crippen LogP contribution is 2.10. The summed E-state index contributed by atoms with van der Waals surface area (Å²) in [5.41, 5.74) is 1.06. The van der Waals surface area contributed by atoms with Gasteiger partial charge in [-0.05, 0) is 20.8 Å². The molecule has 0 fully saturated rings. The average Bonchev–Trinajstić information content (AvgIpc) is 3.10. The van der Waals surface area contributed by atoms with Crippen molar-refractivity contribution >= 4 is 17.5 Å². The fourth-order valence-electron chi connectivity index (χ4n) is 2.75. The van der Waals surface area contributed by atoms with Crippen molar-refractivity contribution < 1.29 is 14.2 Å². The lowest BCUT2D eigenvalue weighted by Crippen LogP contribution is -2.41. The molecule has 0 bridgehead atoms. The Labute approximate surface area is 137 Å². The molecule has 0 aromatic heterocycles. The minimum Gasteiger partial charge on any atom is -0.478 e. The fraction of sp³-hybridized carbons (Fsp3) is 0.812. The van der Waals surface area contributed by atoms with Gasteiger partial charge in [-0.2, -0.15) is 0 Å². The summed E-state index contributed by atoms with van der Waals surface area (Å²) in [5, 5.41) is 0. The Balaban J connectivity index is 1.63. The van der Waals surface area contributed by atoms with E-state index in [2.05, 4.69) is 33.7 Å². The molecule has 23 heavy (non-hydrogen) atoms. The topological polar surface area (TPSA) is 68.0 Å². The Hall–Kier alpha value is -1.47. The Morgan fingerprint density at radius 1 is 0.957 bits per heavy atom. The first-order valence-corrected chi connectivity index (χ1v) is 8.33. The lowest BCUT2D eigenvalue weighted by atomic mass is 10.2. The van der Waals surface area contributed by atoms with Crippen LogP contribution in [0.25, 0.3) is 0 Å². The quantitative estimate of drug-likeness (QED) is 0.725. The second-order valence-electron chi connectivity index (χ2n) is 6.54. The van der Waals surface area contributed by atoms with Crippen molar-refractivity contribution in [1.82, 2.24) is 4.90 Å². The number of hydrogen-bond donors (Lipinski definition) is 0. The van der Waals surface area contributed by atoms with E-state index in [1.165, 1.54) is 0 Å². The summed E-state index contributed by atoms with van der Waals surface area (Å²) in [5.74, 6) is 1.57. The molecule has 7 heteroatoms. The molecule has 0 spiro atoms. The van der Waals surface area contributed by atoms with Crippen molar-refractivity contribution in [1.29, 1.82) is 0 Å². The molecule has 0 saturated heterocycles. The molecule has 3 aliphatic heterocycles. The minimum atomic E-state index is 0.207. The van der Waals surface area contributed by atoms with Gasteiger partial charge in [-0.3, -0.25) is 9.89 Å². The van der Waals surface area contributed by atoms with Crippen molar-refractivity contribution in [2.24, 2.45) is 15.0 Å². The van der Waals surface area contributed by atoms with Gasteiger partial charge in [0.05, 0.1) is 50.1 Å². The third-order valence-electron chi connectivity index (χ3n) is 3.94. The van der Waals surface area contributed by atoms with E-state index in [0.29, 0.717) is 32.9 Å². The third kappa shape index (κ3) is 4.75. The predicted octanol–water partition coefficient (Wildman–Crippen LogP) is 0.783. The third-order valence-corrected chi connectivity index (χ3v) is 3.94. The fourth-order valence-corrected chi connectivity index (χ4v) is 2.75. The molecule has 3 atom stereocenters. The van der Waals surface area contributed by atoms with E-state index in [1.54, 1.807) is 0 Å². The van der Waals surface area contributed by atoms with E-state index in [0.717, 1.165) is 30.6 Å². The zero-order valence-electron chi connectivity index (χ0n) is 14.2. The summed E-state index contributed by atoms with van der Waals surface area (Å²) in [7, 11) is 0. The van der Waals surface area contributed by atoms with E-state index >= 15 is 0 Å². The van der Waals surface area contributed by atoms with Crippen LogP contribution in [0.4, 0.5) is 0 Å². The van der Waals surface area contributed by atoms with Crippen LogP contribution in [0.3, 0.4) is 0 Å². The zero-order valence-corrected chi connectivity index (χ0v) is 14.2. The maximum absolute atomic E-state index is 5.68. The van der Waals surface area contributed by atoms with Gasteiger partial charge in [0.2, 0.25) is 0 Å². The van der Waals surface area contributed by atoms with Gasteiger partial charge >= 0.3 is 0 Å². The Kier molecular flexibility index (Phi) is 5.27. The summed E-state index contributed by atoms with van der Waals surface area (Å²) in [6.07, 6.45) is 0.207. The standard InChI is InChI=1S/C16H26N4O3/c1-11-8-22-15(18-11)6-20(7-16-19-12(2)9-23-16)5-14-10-21-13(3)4-17-14/h11-13H,4-10H2,1-3H3. The predicted molar refractivity (Wildman–Crippen MR) is 89.9 cm³/mol. The van der Waals surface area contributed by atoms with Crippen LogP contribution < -0.4 is 0 Å². The highest BCUT2D eigenvalue weighted by atomic mass is 16.5. The van der Waals surface area contributed by atoms with Crippen LogP contribution in [0.2, 0.25) is 0 Å². The van der Waals surface area contributed by atoms with Gasteiger partial charge in [0.1, 0.15) is 13.2 Å². The summed E-state index contributed by atoms with van der Waals surface area (Å²) >= 11 is 0. The van der Waals surface area contributed by atoms with Crippen LogP contribution in [0.15, 0.2) is 15.0 Å². The van der Waals surface area contributed by atoms with Crippen LogP contribution in [-0.2, 0) is 14.2 Å². The van der Waals surface area contributed by atoms with Crippen molar-refractivity contribution in [3.63, 3.8) is 0 Å². The molecule has 3 aliphatic rings. The molecule has 0 amide bonds. The van der Waals surface area contributed by atoms with Crippen LogP contribution >= 0.6 is 0 Å². The largest absolute Gasteiger partial charge is 0.478 e. The molecule has 3 unspecified atom stereocenters. The SMILES string of the molecule is CC1COC(CN(CC2=NCC(C)OC2)CC2=NC(C)CO2)=N1. The summed E-state index contributed by atoms with van der Waals surface area (Å²) in [6.45, 7) is 10.8. The van der Waals surface area contributed by atoms with Crippen LogP contribution in [0, 0.1) is 0 Å². The first-order valence-electron chi connectivity index (χ1n) is 8.33. The number of ether oxygens (including phenoxy) is 3. The van der Waals surface area contributed by atoms with Crippen LogP contribution in [0.5, 0.6) is 0 Å². The van der Waals surface area contributed by atoms with Crippen molar-refractivity contribution in [2.75, 3.05) is 46.0 Å². The van der Waals surface area contributed by atoms with Gasteiger partial charge in [-0.15, -0.1) is 0 Å². The molecule has 0 aliphatic carbocycles. The second kappa shape index (κ2) is 7.40. The van der Waals surface area contributed by atoms with Crippen molar-refractivity contribution in [3.05, 3.63) is 0 Å². The normalized spacial score (nSPS) is 30.6. The van der Waals surface area contributed by atoms with Crippen LogP contribution in [0.1, 0.15) is 20.8 Å². The van der Waals surface area contributed by atoms with Gasteiger partial charge < -0.3 is 14.2 Å². The number of nitrogens with zero attached hydrogens (tertiary/aromatic N) is 4. The monoisotopic (exact) mass is 322 g/mol. The van der Waals surface area contributed by atoms with Crippen molar-refractivity contribution in [3.8, 4) is 0 Å². The van der Waals surface area contributed by atoms with Gasteiger partial charge in [0.25, 0.3) is 0 Å². The molecule has 0 aromatic rings. The lowest BCUT2D eigenvalue weighted by molar-refractivity contribution is 0.0915. The van der Waals surface area contributed by atoms with Gasteiger partial charge in [0.15, 0.2) is 11.8 Å². The molecular weight excluding hydrogens is 296 g/mol. The molecular formula is C16H26N4O3. The molecule has 7 nitrogen and oxygen atoms in total. The molecule has 3 heterocycles. The molecule has 128 valence electrons. The molecule has 0 N–H and O–H groups in total. The molecule has 0 saturated carbocycles. The minimum absolute atomic E-state index is 0.207. The van der Waals surface area contributed by atoms with Crippen molar-refractivity contribution in [2.45, 2.75) is 39.0 Å². The number of hydrogen-bond acceptors (Lipinski definition) is 7. The summed E-state index contributed by atoms with van der Waals surface area (Å²) in [6, 6.07) is 0.478. The first-order chi connectivity index (χ1) is 11.1. The first kappa shape index (κ1) is 16.4. The van der Waals surface area contributed by atoms with Gasteiger partial charge in [-0.25, -0.2) is 9.98 Å². The molecule has 0 aromatic carbocycles. The highest BCUT2D eigenvalue weighted by molar-refractivity contribution is 5.90. The van der Waals surface area contributed by atoms with E-state index in [9.17, 15) is 0 Å². The number of rotatable bonds is 6. The maximum atomic E-state index is 5.68. The van der Waals surface area contributed by atoms with E-state index < -0.39 is 0 Å². The summed E-state index contributed by atoms with van der Waals surface area (Å²) < 4.78 is 17.0. The number of aliphatic imine (C=N–C) groups is 3. The Bertz CT molecular complexity index is 487. The second-order valence-corrected chi connectivity index (χ2v) is 6.54. The Morgan fingerprint density at radius 2 is 1.57 bits per heavy atom. The van der Waals surface area contributed by atoms with Crippen LogP contribution in [-0.4, -0.2) is 86.6 Å². The maximum Gasteiger partial charge on any atom is 0.198 e. The highest BCUT2D eigenvalue weighted by Gasteiger charge is 2.24. The lowest BCUT2D eigenvalue weighted by Gasteiger charge is -2.25. The average molecular weight is 322 g/mol. The van der Waals surface area contributed by atoms with E-state index in [-0.39, 0.29) is 18.2 Å². The molecule has 3 rings (SSSR count). The van der Waals surface area contributed by atoms with Gasteiger partial charge in [-0.1, -0.05) is 0 Å². The van der Waals surface area contributed by atoms with E-state index in [4.69, 9.17) is 14.2 Å². The van der Waals surface area contributed by atoms with E-state index in [1.807, 2.05) is 6.92 Å².